The van der Waals surface area contributed by atoms with Gasteiger partial charge in [-0.3, -0.25) is 4.79 Å². The fourth-order valence-corrected chi connectivity index (χ4v) is 0.581. The van der Waals surface area contributed by atoms with Crippen molar-refractivity contribution in [2.24, 2.45) is 5.73 Å². The summed E-state index contributed by atoms with van der Waals surface area (Å²) in [4.78, 5) is 19.4. The van der Waals surface area contributed by atoms with Crippen molar-refractivity contribution in [2.45, 2.75) is 0 Å². The van der Waals surface area contributed by atoms with E-state index in [1.54, 1.807) is 24.3 Å². The summed E-state index contributed by atoms with van der Waals surface area (Å²) in [5.74, 6) is -1.61. The highest BCUT2D eigenvalue weighted by Gasteiger charge is 1.86. The lowest BCUT2D eigenvalue weighted by molar-refractivity contribution is -0.131. The second-order valence-electron chi connectivity index (χ2n) is 2.41. The van der Waals surface area contributed by atoms with Gasteiger partial charge in [0, 0.05) is 12.2 Å². The summed E-state index contributed by atoms with van der Waals surface area (Å²) in [6, 6.07) is 8.71. The van der Waals surface area contributed by atoms with Crippen LogP contribution in [-0.4, -0.2) is 22.1 Å². The Bertz CT molecular complexity index is 330. The van der Waals surface area contributed by atoms with E-state index in [2.05, 4.69) is 5.73 Å². The van der Waals surface area contributed by atoms with E-state index in [-0.39, 0.29) is 0 Å². The minimum Gasteiger partial charge on any atom is -0.508 e. The number of carbonyl (C=O) groups is 2. The van der Waals surface area contributed by atoms with Crippen molar-refractivity contribution in [3.8, 4) is 5.75 Å². The second kappa shape index (κ2) is 7.14. The molecular weight excluding hydrogens is 198 g/mol. The van der Waals surface area contributed by atoms with Crippen molar-refractivity contribution >= 4 is 11.9 Å². The first kappa shape index (κ1) is 12.7. The average Bonchev–Trinajstić information content (AvgIpc) is 2.17. The zero-order valence-corrected chi connectivity index (χ0v) is 7.83. The minimum atomic E-state index is -1.18. The lowest BCUT2D eigenvalue weighted by Crippen LogP contribution is -2.06. The Morgan fingerprint density at radius 2 is 1.67 bits per heavy atom. The van der Waals surface area contributed by atoms with Gasteiger partial charge in [0.2, 0.25) is 5.91 Å². The third kappa shape index (κ3) is 9.62. The molecule has 5 heteroatoms. The number of carboxylic acid groups (broad SMARTS) is 1. The van der Waals surface area contributed by atoms with E-state index in [0.29, 0.717) is 11.8 Å². The van der Waals surface area contributed by atoms with Crippen LogP contribution in [0.2, 0.25) is 0 Å². The van der Waals surface area contributed by atoms with Crippen molar-refractivity contribution in [3.63, 3.8) is 0 Å². The molecule has 80 valence electrons. The molecule has 0 heterocycles. The van der Waals surface area contributed by atoms with Gasteiger partial charge in [0.25, 0.3) is 0 Å². The van der Waals surface area contributed by atoms with Gasteiger partial charge < -0.3 is 15.9 Å². The van der Waals surface area contributed by atoms with Crippen LogP contribution in [-0.2, 0) is 9.59 Å². The molecule has 4 N–H and O–H groups in total. The number of nitrogens with two attached hydrogens (primary N) is 1. The summed E-state index contributed by atoms with van der Waals surface area (Å²) in [6.07, 6.45) is 1.46. The zero-order valence-electron chi connectivity index (χ0n) is 7.83. The summed E-state index contributed by atoms with van der Waals surface area (Å²) < 4.78 is 0. The molecule has 0 unspecified atom stereocenters. The van der Waals surface area contributed by atoms with Crippen LogP contribution in [0, 0.1) is 0 Å². The van der Waals surface area contributed by atoms with E-state index < -0.39 is 11.9 Å². The second-order valence-corrected chi connectivity index (χ2v) is 2.41. The number of primary amides is 1. The van der Waals surface area contributed by atoms with Gasteiger partial charge in [-0.25, -0.2) is 4.79 Å². The van der Waals surface area contributed by atoms with Crippen LogP contribution in [0.25, 0.3) is 0 Å². The van der Waals surface area contributed by atoms with Crippen molar-refractivity contribution in [3.05, 3.63) is 42.5 Å². The highest BCUT2D eigenvalue weighted by atomic mass is 16.4. The molecule has 0 bridgehead atoms. The number of aliphatic carboxylic acids is 1. The van der Waals surface area contributed by atoms with E-state index in [9.17, 15) is 9.59 Å². The molecule has 0 atom stereocenters. The standard InChI is InChI=1S/C6H6O.C4H5NO3/c7-6-4-2-1-3-5-6;5-3(6)1-2-4(7)8/h1-5,7H;1-2H,(H2,5,6)(H,7,8)/b;2-1-. The zero-order chi connectivity index (χ0) is 11.7. The molecule has 0 aliphatic carbocycles. The predicted molar refractivity (Wildman–Crippen MR) is 54.1 cm³/mol. The van der Waals surface area contributed by atoms with Crippen LogP contribution in [0.3, 0.4) is 0 Å². The predicted octanol–water partition coefficient (Wildman–Crippen LogP) is 0.505. The molecular formula is C10H11NO4. The number of carbonyl (C=O) groups excluding carboxylic acids is 1. The lowest BCUT2D eigenvalue weighted by atomic mass is 10.3. The quantitative estimate of drug-likeness (QED) is 0.617. The van der Waals surface area contributed by atoms with E-state index in [1.807, 2.05) is 6.07 Å². The first-order valence-electron chi connectivity index (χ1n) is 3.97. The summed E-state index contributed by atoms with van der Waals surface area (Å²) in [5, 5.41) is 16.5. The fraction of sp³-hybridized carbons (Fsp3) is 0. The first-order valence-corrected chi connectivity index (χ1v) is 3.97. The maximum absolute atomic E-state index is 9.78. The molecule has 0 aliphatic heterocycles. The normalized spacial score (nSPS) is 9.07. The molecule has 5 nitrogen and oxygen atoms in total. The molecule has 1 aromatic rings. The van der Waals surface area contributed by atoms with Gasteiger partial charge in [0.15, 0.2) is 0 Å². The molecule has 0 saturated heterocycles. The highest BCUT2D eigenvalue weighted by molar-refractivity contribution is 5.92. The molecule has 0 radical (unpaired) electrons. The summed E-state index contributed by atoms with van der Waals surface area (Å²) in [6.45, 7) is 0. The topological polar surface area (TPSA) is 101 Å². The van der Waals surface area contributed by atoms with Crippen molar-refractivity contribution in [1.82, 2.24) is 0 Å². The number of rotatable bonds is 2. The number of phenolic OH excluding ortho intramolecular Hbond substituents is 1. The maximum atomic E-state index is 9.78. The Morgan fingerprint density at radius 1 is 1.13 bits per heavy atom. The van der Waals surface area contributed by atoms with Gasteiger partial charge in [0.05, 0.1) is 0 Å². The number of hydrogen-bond donors (Lipinski definition) is 3. The van der Waals surface area contributed by atoms with Gasteiger partial charge in [0.1, 0.15) is 5.75 Å². The number of phenols is 1. The van der Waals surface area contributed by atoms with E-state index in [4.69, 9.17) is 10.2 Å². The van der Waals surface area contributed by atoms with Gasteiger partial charge in [-0.1, -0.05) is 18.2 Å². The van der Waals surface area contributed by atoms with Crippen LogP contribution in [0.15, 0.2) is 42.5 Å². The molecule has 0 saturated carbocycles. The number of para-hydroxylation sites is 1. The summed E-state index contributed by atoms with van der Waals surface area (Å²) in [7, 11) is 0. The Morgan fingerprint density at radius 3 is 1.87 bits per heavy atom. The molecule has 0 spiro atoms. The monoisotopic (exact) mass is 209 g/mol. The molecule has 0 aromatic heterocycles. The van der Waals surface area contributed by atoms with Gasteiger partial charge in [-0.2, -0.15) is 0 Å². The number of carboxylic acids is 1. The van der Waals surface area contributed by atoms with Crippen molar-refractivity contribution < 1.29 is 19.8 Å². The summed E-state index contributed by atoms with van der Waals surface area (Å²) in [5.41, 5.74) is 4.55. The van der Waals surface area contributed by atoms with Gasteiger partial charge in [-0.15, -0.1) is 0 Å². The Labute approximate surface area is 86.5 Å². The van der Waals surface area contributed by atoms with Crippen LogP contribution < -0.4 is 5.73 Å². The molecule has 1 rings (SSSR count). The highest BCUT2D eigenvalue weighted by Crippen LogP contribution is 2.02. The fourth-order valence-electron chi connectivity index (χ4n) is 0.581. The van der Waals surface area contributed by atoms with Gasteiger partial charge >= 0.3 is 5.97 Å². The molecule has 15 heavy (non-hydrogen) atoms. The number of hydrogen-bond acceptors (Lipinski definition) is 3. The van der Waals surface area contributed by atoms with E-state index >= 15 is 0 Å². The van der Waals surface area contributed by atoms with Crippen molar-refractivity contribution in [2.75, 3.05) is 0 Å². The molecule has 0 aliphatic rings. The largest absolute Gasteiger partial charge is 0.508 e. The number of aromatic hydroxyl groups is 1. The smallest absolute Gasteiger partial charge is 0.328 e. The third-order valence-corrected chi connectivity index (χ3v) is 1.15. The Kier molecular flexibility index (Phi) is 6.04. The number of benzene rings is 1. The van der Waals surface area contributed by atoms with Crippen molar-refractivity contribution in [1.29, 1.82) is 0 Å². The van der Waals surface area contributed by atoms with E-state index in [1.165, 1.54) is 0 Å². The van der Waals surface area contributed by atoms with Crippen LogP contribution in [0.4, 0.5) is 0 Å². The third-order valence-electron chi connectivity index (χ3n) is 1.15. The molecule has 1 aromatic carbocycles. The Hall–Kier alpha value is -2.30. The molecule has 0 fully saturated rings. The Balaban J connectivity index is 0.000000262. The maximum Gasteiger partial charge on any atom is 0.328 e. The molecule has 1 amide bonds. The first-order chi connectivity index (χ1) is 7.02. The van der Waals surface area contributed by atoms with E-state index in [0.717, 1.165) is 6.08 Å². The van der Waals surface area contributed by atoms with Gasteiger partial charge in [-0.05, 0) is 12.1 Å². The SMILES string of the molecule is NC(=O)/C=C\C(=O)O.Oc1ccccc1. The van der Waals surface area contributed by atoms with Crippen LogP contribution in [0.5, 0.6) is 5.75 Å². The number of amides is 1. The average molecular weight is 209 g/mol. The lowest BCUT2D eigenvalue weighted by Gasteiger charge is -1.82. The summed E-state index contributed by atoms with van der Waals surface area (Å²) >= 11 is 0. The van der Waals surface area contributed by atoms with Crippen LogP contribution >= 0.6 is 0 Å². The minimum absolute atomic E-state index is 0.322. The van der Waals surface area contributed by atoms with Crippen LogP contribution in [0.1, 0.15) is 0 Å².